The van der Waals surface area contributed by atoms with Crippen molar-refractivity contribution in [2.45, 2.75) is 36.2 Å². The van der Waals surface area contributed by atoms with Gasteiger partial charge in [0.05, 0.1) is 0 Å². The highest BCUT2D eigenvalue weighted by atomic mass is 19.4. The first-order valence-electron chi connectivity index (χ1n) is 4.23. The lowest BCUT2D eigenvalue weighted by Crippen LogP contribution is -2.68. The van der Waals surface area contributed by atoms with Crippen LogP contribution in [0.1, 0.15) is 0 Å². The van der Waals surface area contributed by atoms with E-state index in [9.17, 15) is 52.7 Å². The Labute approximate surface area is 102 Å². The van der Waals surface area contributed by atoms with Crippen molar-refractivity contribution in [3.05, 3.63) is 0 Å². The summed E-state index contributed by atoms with van der Waals surface area (Å²) >= 11 is 0. The highest BCUT2D eigenvalue weighted by Crippen LogP contribution is 2.58. The molecule has 0 aromatic rings. The van der Waals surface area contributed by atoms with E-state index >= 15 is 0 Å². The van der Waals surface area contributed by atoms with Crippen LogP contribution in [0.2, 0.25) is 0 Å². The van der Waals surface area contributed by atoms with Crippen LogP contribution in [0.5, 0.6) is 0 Å². The van der Waals surface area contributed by atoms with Gasteiger partial charge in [0, 0.05) is 7.11 Å². The molecule has 20 heavy (non-hydrogen) atoms. The van der Waals surface area contributed by atoms with Crippen LogP contribution < -0.4 is 0 Å². The Hall–Kier alpha value is -0.880. The van der Waals surface area contributed by atoms with Crippen molar-refractivity contribution in [3.8, 4) is 0 Å². The number of ether oxygens (including phenoxy) is 1. The zero-order valence-electron chi connectivity index (χ0n) is 9.02. The van der Waals surface area contributed by atoms with E-state index in [2.05, 4.69) is 4.74 Å². The Morgan fingerprint density at radius 3 is 1.25 bits per heavy atom. The molecule has 0 fully saturated rings. The van der Waals surface area contributed by atoms with Gasteiger partial charge in [-0.1, -0.05) is 0 Å². The van der Waals surface area contributed by atoms with E-state index < -0.39 is 36.2 Å². The van der Waals surface area contributed by atoms with Gasteiger partial charge in [-0.2, -0.15) is 48.3 Å². The second-order valence-electron chi connectivity index (χ2n) is 3.40. The molecule has 0 aliphatic heterocycles. The van der Waals surface area contributed by atoms with Crippen LogP contribution >= 0.6 is 0 Å². The van der Waals surface area contributed by atoms with Crippen molar-refractivity contribution < 1.29 is 57.4 Å². The summed E-state index contributed by atoms with van der Waals surface area (Å²) in [5, 5.41) is 0. The minimum atomic E-state index is -7.62. The quantitative estimate of drug-likeness (QED) is 0.691. The molecule has 0 aromatic heterocycles. The fraction of sp³-hybridized carbons (Fsp3) is 1.00. The van der Waals surface area contributed by atoms with E-state index in [-0.39, 0.29) is 7.11 Å². The summed E-state index contributed by atoms with van der Waals surface area (Å²) < 4.78 is 150. The van der Waals surface area contributed by atoms with Crippen molar-refractivity contribution in [1.29, 1.82) is 0 Å². The first-order chi connectivity index (χ1) is 8.48. The van der Waals surface area contributed by atoms with Crippen molar-refractivity contribution in [1.82, 2.24) is 0 Å². The third-order valence-electron chi connectivity index (χ3n) is 2.06. The fourth-order valence-corrected chi connectivity index (χ4v) is 0.875. The SMILES string of the molecule is COC(F)C(F)(F)C(F)(F)C(F)(F)C(F)(F)C(F)(F)F. The molecular formula is C7H4F12O. The van der Waals surface area contributed by atoms with Gasteiger partial charge in [-0.3, -0.25) is 0 Å². The van der Waals surface area contributed by atoms with E-state index in [1.807, 2.05) is 0 Å². The molecular weight excluding hydrogens is 328 g/mol. The molecule has 0 N–H and O–H groups in total. The normalized spacial score (nSPS) is 17.2. The van der Waals surface area contributed by atoms with Crippen LogP contribution in [-0.2, 0) is 4.74 Å². The monoisotopic (exact) mass is 332 g/mol. The number of halogens is 12. The third kappa shape index (κ3) is 2.39. The molecule has 0 spiro atoms. The molecule has 13 heteroatoms. The van der Waals surface area contributed by atoms with Gasteiger partial charge in [0.1, 0.15) is 0 Å². The van der Waals surface area contributed by atoms with E-state index in [4.69, 9.17) is 0 Å². The Morgan fingerprint density at radius 1 is 0.650 bits per heavy atom. The Bertz CT molecular complexity index is 344. The van der Waals surface area contributed by atoms with Gasteiger partial charge in [0.25, 0.3) is 6.36 Å². The maximum Gasteiger partial charge on any atom is 0.460 e. The lowest BCUT2D eigenvalue weighted by Gasteiger charge is -2.37. The number of methoxy groups -OCH3 is 1. The Kier molecular flexibility index (Phi) is 4.63. The molecule has 0 heterocycles. The highest BCUT2D eigenvalue weighted by molar-refractivity contribution is 5.07. The van der Waals surface area contributed by atoms with Crippen molar-refractivity contribution in [2.24, 2.45) is 0 Å². The maximum atomic E-state index is 12.6. The molecule has 1 nitrogen and oxygen atoms in total. The topological polar surface area (TPSA) is 9.23 Å². The predicted octanol–water partition coefficient (Wildman–Crippen LogP) is 4.03. The molecule has 0 aliphatic carbocycles. The second-order valence-corrected chi connectivity index (χ2v) is 3.40. The average molecular weight is 332 g/mol. The summed E-state index contributed by atoms with van der Waals surface area (Å²) in [4.78, 5) is 0. The highest BCUT2D eigenvalue weighted by Gasteiger charge is 2.88. The summed E-state index contributed by atoms with van der Waals surface area (Å²) in [5.74, 6) is -29.2. The van der Waals surface area contributed by atoms with Crippen molar-refractivity contribution in [2.75, 3.05) is 7.11 Å². The van der Waals surface area contributed by atoms with Crippen molar-refractivity contribution in [3.63, 3.8) is 0 Å². The van der Waals surface area contributed by atoms with Crippen LogP contribution in [-0.4, -0.2) is 43.3 Å². The second kappa shape index (κ2) is 4.84. The molecule has 0 saturated heterocycles. The standard InChI is InChI=1S/C7H4F12O/c1-20-2(8)3(9,10)4(11,12)5(13,14)6(15,16)7(17,18)19/h2H,1H3. The van der Waals surface area contributed by atoms with E-state index in [1.54, 1.807) is 0 Å². The van der Waals surface area contributed by atoms with E-state index in [0.717, 1.165) is 0 Å². The molecule has 0 saturated carbocycles. The van der Waals surface area contributed by atoms with Gasteiger partial charge in [0.15, 0.2) is 0 Å². The molecule has 0 amide bonds. The number of hydrogen-bond donors (Lipinski definition) is 0. The van der Waals surface area contributed by atoms with E-state index in [0.29, 0.717) is 0 Å². The van der Waals surface area contributed by atoms with Crippen LogP contribution in [0.3, 0.4) is 0 Å². The molecule has 0 bridgehead atoms. The smallest absolute Gasteiger partial charge is 0.347 e. The summed E-state index contributed by atoms with van der Waals surface area (Å²) in [5.41, 5.74) is 0. The lowest BCUT2D eigenvalue weighted by molar-refractivity contribution is -0.434. The van der Waals surface area contributed by atoms with Crippen LogP contribution in [0, 0.1) is 0 Å². The van der Waals surface area contributed by atoms with Crippen molar-refractivity contribution >= 4 is 0 Å². The minimum absolute atomic E-state index is 0.0191. The van der Waals surface area contributed by atoms with Crippen LogP contribution in [0.4, 0.5) is 52.7 Å². The fourth-order valence-electron chi connectivity index (χ4n) is 0.875. The molecule has 0 rings (SSSR count). The summed E-state index contributed by atoms with van der Waals surface area (Å²) in [6.45, 7) is 0. The number of hydrogen-bond acceptors (Lipinski definition) is 1. The third-order valence-corrected chi connectivity index (χ3v) is 2.06. The first kappa shape index (κ1) is 19.1. The number of rotatable bonds is 5. The van der Waals surface area contributed by atoms with Gasteiger partial charge >= 0.3 is 29.9 Å². The zero-order valence-corrected chi connectivity index (χ0v) is 9.02. The molecule has 122 valence electrons. The van der Waals surface area contributed by atoms with Gasteiger partial charge in [-0.05, 0) is 0 Å². The van der Waals surface area contributed by atoms with Gasteiger partial charge < -0.3 is 4.74 Å². The summed E-state index contributed by atoms with van der Waals surface area (Å²) in [7, 11) is -0.0191. The molecule has 0 aromatic carbocycles. The minimum Gasteiger partial charge on any atom is -0.347 e. The molecule has 0 aliphatic rings. The van der Waals surface area contributed by atoms with Crippen LogP contribution in [0.25, 0.3) is 0 Å². The average Bonchev–Trinajstić information content (AvgIpc) is 2.25. The van der Waals surface area contributed by atoms with Gasteiger partial charge in [-0.15, -0.1) is 0 Å². The van der Waals surface area contributed by atoms with Gasteiger partial charge in [0.2, 0.25) is 0 Å². The maximum absolute atomic E-state index is 12.6. The molecule has 1 unspecified atom stereocenters. The zero-order chi connectivity index (χ0) is 16.8. The summed E-state index contributed by atoms with van der Waals surface area (Å²) in [6.07, 6.45) is -11.8. The Balaban J connectivity index is 5.94. The molecule has 1 atom stereocenters. The first-order valence-corrected chi connectivity index (χ1v) is 4.23. The summed E-state index contributed by atoms with van der Waals surface area (Å²) in [6, 6.07) is 0. The predicted molar refractivity (Wildman–Crippen MR) is 37.7 cm³/mol. The van der Waals surface area contributed by atoms with Crippen LogP contribution in [0.15, 0.2) is 0 Å². The largest absolute Gasteiger partial charge is 0.460 e. The Morgan fingerprint density at radius 2 is 1.00 bits per heavy atom. The lowest BCUT2D eigenvalue weighted by atomic mass is 9.98. The number of alkyl halides is 12. The van der Waals surface area contributed by atoms with E-state index in [1.165, 1.54) is 0 Å². The van der Waals surface area contributed by atoms with Gasteiger partial charge in [-0.25, -0.2) is 4.39 Å². The molecule has 0 radical (unpaired) electrons.